The Morgan fingerprint density at radius 1 is 0.867 bits per heavy atom. The molecule has 2 nitrogen and oxygen atoms in total. The molecule has 6 heteroatoms. The zero-order valence-electron chi connectivity index (χ0n) is 15.6. The van der Waals surface area contributed by atoms with Crippen molar-refractivity contribution >= 4 is 17.5 Å². The Hall–Kier alpha value is -3.43. The van der Waals surface area contributed by atoms with E-state index in [0.717, 1.165) is 17.2 Å². The molecular weight excluding hydrogens is 407 g/mol. The first-order chi connectivity index (χ1) is 14.4. The van der Waals surface area contributed by atoms with E-state index in [1.54, 1.807) is 78.9 Å². The maximum absolute atomic E-state index is 13.8. The Kier molecular flexibility index (Phi) is 6.65. The van der Waals surface area contributed by atoms with Gasteiger partial charge in [-0.25, -0.2) is 0 Å². The smallest absolute Gasteiger partial charge is 0.418 e. The molecule has 0 bridgehead atoms. The van der Waals surface area contributed by atoms with Crippen LogP contribution in [0.5, 0.6) is 0 Å². The lowest BCUT2D eigenvalue weighted by molar-refractivity contribution is -0.0887. The minimum atomic E-state index is -4.82. The monoisotopic (exact) mass is 423 g/mol. The fraction of sp³-hybridized carbons (Fsp3) is 0.0417. The highest BCUT2D eigenvalue weighted by Crippen LogP contribution is 2.38. The first-order valence-corrected chi connectivity index (χ1v) is 9.77. The summed E-state index contributed by atoms with van der Waals surface area (Å²) >= 11 is 0.834. The highest BCUT2D eigenvalue weighted by atomic mass is 32.2. The fourth-order valence-corrected chi connectivity index (χ4v) is 3.65. The Morgan fingerprint density at radius 3 is 2.03 bits per heavy atom. The van der Waals surface area contributed by atoms with Crippen LogP contribution >= 0.6 is 11.8 Å². The summed E-state index contributed by atoms with van der Waals surface area (Å²) in [6.45, 7) is 0. The molecular formula is C24H16F3NOS. The van der Waals surface area contributed by atoms with Crippen molar-refractivity contribution in [1.82, 2.24) is 0 Å². The van der Waals surface area contributed by atoms with Gasteiger partial charge in [-0.05, 0) is 28.7 Å². The number of aliphatic hydroxyl groups excluding tert-OH is 1. The second-order valence-corrected chi connectivity index (χ2v) is 7.15. The number of aliphatic hydroxyl groups is 1. The average Bonchev–Trinajstić information content (AvgIpc) is 2.76. The number of rotatable bonds is 5. The minimum Gasteiger partial charge on any atom is -0.506 e. The molecule has 0 fully saturated rings. The van der Waals surface area contributed by atoms with Gasteiger partial charge in [-0.2, -0.15) is 18.4 Å². The predicted octanol–water partition coefficient (Wildman–Crippen LogP) is 7.38. The van der Waals surface area contributed by atoms with E-state index in [1.807, 2.05) is 6.07 Å². The van der Waals surface area contributed by atoms with Gasteiger partial charge < -0.3 is 5.11 Å². The summed E-state index contributed by atoms with van der Waals surface area (Å²) in [5.41, 5.74) is -0.623. The van der Waals surface area contributed by atoms with E-state index < -0.39 is 23.1 Å². The second-order valence-electron chi connectivity index (χ2n) is 6.21. The molecule has 1 N–H and O–H groups in total. The highest BCUT2D eigenvalue weighted by Gasteiger charge is 2.38. The van der Waals surface area contributed by atoms with Crippen LogP contribution in [0.25, 0.3) is 16.9 Å². The van der Waals surface area contributed by atoms with Crippen LogP contribution < -0.4 is 0 Å². The number of hydrogen-bond donors (Lipinski definition) is 1. The van der Waals surface area contributed by atoms with Crippen molar-refractivity contribution < 1.29 is 18.3 Å². The van der Waals surface area contributed by atoms with Crippen LogP contribution in [0.3, 0.4) is 0 Å². The van der Waals surface area contributed by atoms with E-state index in [9.17, 15) is 23.5 Å². The molecule has 0 saturated heterocycles. The quantitative estimate of drug-likeness (QED) is 0.201. The third-order valence-corrected chi connectivity index (χ3v) is 5.14. The van der Waals surface area contributed by atoms with Crippen LogP contribution in [0.2, 0.25) is 0 Å². The van der Waals surface area contributed by atoms with Crippen LogP contribution in [0.4, 0.5) is 13.2 Å². The number of halogens is 3. The molecule has 0 heterocycles. The van der Waals surface area contributed by atoms with E-state index in [1.165, 1.54) is 6.07 Å². The van der Waals surface area contributed by atoms with Gasteiger partial charge in [-0.1, -0.05) is 84.6 Å². The summed E-state index contributed by atoms with van der Waals surface area (Å²) in [5, 5.41) is 21.1. The SMILES string of the molecule is N#CC(/C(=C\Sc1ccccc1)C(F)(F)F)=C(/O)c1ccccc1-c1ccccc1. The maximum Gasteiger partial charge on any atom is 0.418 e. The van der Waals surface area contributed by atoms with Crippen molar-refractivity contribution in [3.05, 3.63) is 107 Å². The number of allylic oxidation sites excluding steroid dienone is 2. The Morgan fingerprint density at radius 2 is 1.43 bits per heavy atom. The van der Waals surface area contributed by atoms with Crippen molar-refractivity contribution in [3.8, 4) is 17.2 Å². The Balaban J connectivity index is 2.13. The van der Waals surface area contributed by atoms with E-state index in [2.05, 4.69) is 0 Å². The average molecular weight is 423 g/mol. The first-order valence-electron chi connectivity index (χ1n) is 8.89. The topological polar surface area (TPSA) is 44.0 Å². The predicted molar refractivity (Wildman–Crippen MR) is 113 cm³/mol. The molecule has 3 rings (SSSR count). The molecule has 0 amide bonds. The number of thioether (sulfide) groups is 1. The van der Waals surface area contributed by atoms with Crippen molar-refractivity contribution in [2.45, 2.75) is 11.1 Å². The molecule has 0 atom stereocenters. The van der Waals surface area contributed by atoms with E-state index >= 15 is 0 Å². The van der Waals surface area contributed by atoms with E-state index in [4.69, 9.17) is 0 Å². The molecule has 0 aromatic heterocycles. The number of benzene rings is 3. The summed E-state index contributed by atoms with van der Waals surface area (Å²) in [6.07, 6.45) is -4.82. The third kappa shape index (κ3) is 4.94. The van der Waals surface area contributed by atoms with Crippen molar-refractivity contribution in [1.29, 1.82) is 5.26 Å². The fourth-order valence-electron chi connectivity index (χ4n) is 2.83. The van der Waals surface area contributed by atoms with Gasteiger partial charge in [0.15, 0.2) is 0 Å². The van der Waals surface area contributed by atoms with Gasteiger partial charge in [0.05, 0.1) is 5.57 Å². The maximum atomic E-state index is 13.8. The van der Waals surface area contributed by atoms with Crippen LogP contribution in [-0.4, -0.2) is 11.3 Å². The minimum absolute atomic E-state index is 0.153. The van der Waals surface area contributed by atoms with Crippen molar-refractivity contribution in [3.63, 3.8) is 0 Å². The number of nitriles is 1. The zero-order valence-corrected chi connectivity index (χ0v) is 16.4. The Labute approximate surface area is 176 Å². The molecule has 150 valence electrons. The lowest BCUT2D eigenvalue weighted by atomic mass is 9.95. The normalized spacial score (nSPS) is 12.8. The third-order valence-electron chi connectivity index (χ3n) is 4.25. The number of alkyl halides is 3. The molecule has 3 aromatic carbocycles. The van der Waals surface area contributed by atoms with Crippen molar-refractivity contribution in [2.75, 3.05) is 0 Å². The summed E-state index contributed by atoms with van der Waals surface area (Å²) in [7, 11) is 0. The van der Waals surface area contributed by atoms with Crippen LogP contribution in [0.1, 0.15) is 5.56 Å². The van der Waals surface area contributed by atoms with Gasteiger partial charge in [0.2, 0.25) is 0 Å². The van der Waals surface area contributed by atoms with E-state index in [-0.39, 0.29) is 5.56 Å². The lowest BCUT2D eigenvalue weighted by Gasteiger charge is -2.15. The molecule has 3 aromatic rings. The highest BCUT2D eigenvalue weighted by molar-refractivity contribution is 8.02. The lowest BCUT2D eigenvalue weighted by Crippen LogP contribution is -2.14. The summed E-state index contributed by atoms with van der Waals surface area (Å²) in [6, 6.07) is 25.5. The first kappa shape index (κ1) is 21.3. The number of nitrogens with zero attached hydrogens (tertiary/aromatic N) is 1. The second kappa shape index (κ2) is 9.38. The van der Waals surface area contributed by atoms with Crippen LogP contribution in [0, 0.1) is 11.3 Å². The van der Waals surface area contributed by atoms with Gasteiger partial charge in [-0.15, -0.1) is 0 Å². The number of hydrogen-bond acceptors (Lipinski definition) is 3. The van der Waals surface area contributed by atoms with E-state index in [0.29, 0.717) is 16.0 Å². The van der Waals surface area contributed by atoms with Crippen LogP contribution in [0.15, 0.2) is 106 Å². The molecule has 0 radical (unpaired) electrons. The van der Waals surface area contributed by atoms with Gasteiger partial charge in [-0.3, -0.25) is 0 Å². The standard InChI is InChI=1S/C24H16F3NOS/c25-24(26,27)22(16-30-18-11-5-2-6-12-18)21(15-28)23(29)20-14-8-7-13-19(20)17-9-3-1-4-10-17/h1-14,16,29H/b22-16+,23-21-. The molecule has 0 saturated carbocycles. The Bertz CT molecular complexity index is 1110. The summed E-state index contributed by atoms with van der Waals surface area (Å²) in [5.74, 6) is -0.714. The molecule has 0 unspecified atom stereocenters. The molecule has 0 aliphatic carbocycles. The van der Waals surface area contributed by atoms with Crippen LogP contribution in [-0.2, 0) is 0 Å². The zero-order chi connectivity index (χ0) is 21.6. The molecule has 0 aliphatic rings. The molecule has 30 heavy (non-hydrogen) atoms. The van der Waals surface area contributed by atoms with Gasteiger partial charge in [0.1, 0.15) is 17.4 Å². The van der Waals surface area contributed by atoms with Crippen molar-refractivity contribution in [2.24, 2.45) is 0 Å². The van der Waals surface area contributed by atoms with Gasteiger partial charge in [0.25, 0.3) is 0 Å². The molecule has 0 aliphatic heterocycles. The largest absolute Gasteiger partial charge is 0.506 e. The van der Waals surface area contributed by atoms with Gasteiger partial charge in [0, 0.05) is 10.5 Å². The summed E-state index contributed by atoms with van der Waals surface area (Å²) in [4.78, 5) is 0.584. The summed E-state index contributed by atoms with van der Waals surface area (Å²) < 4.78 is 41.3. The molecule has 0 spiro atoms. The van der Waals surface area contributed by atoms with Gasteiger partial charge >= 0.3 is 6.18 Å².